The van der Waals surface area contributed by atoms with Crippen LogP contribution in [-0.4, -0.2) is 67.7 Å². The minimum Gasteiger partial charge on any atom is -0.481 e. The van der Waals surface area contributed by atoms with E-state index in [1.165, 1.54) is 38.1 Å². The number of fused-ring (bicyclic) bond motifs is 1. The summed E-state index contributed by atoms with van der Waals surface area (Å²) < 4.78 is 64.5. The maximum atomic E-state index is 13.6. The quantitative estimate of drug-likeness (QED) is 0.277. The molecule has 0 radical (unpaired) electrons. The van der Waals surface area contributed by atoms with Gasteiger partial charge in [-0.3, -0.25) is 14.4 Å². The van der Waals surface area contributed by atoms with Crippen LogP contribution in [0.5, 0.6) is 0 Å². The fourth-order valence-electron chi connectivity index (χ4n) is 5.90. The Balaban J connectivity index is 1.94. The Kier molecular flexibility index (Phi) is 9.29. The average molecular weight is 690 g/mol. The number of amides is 1. The second kappa shape index (κ2) is 12.1. The molecule has 4 unspecified atom stereocenters. The third kappa shape index (κ3) is 5.74. The van der Waals surface area contributed by atoms with Crippen molar-refractivity contribution in [2.45, 2.75) is 41.7 Å². The molecule has 4 atom stereocenters. The molecule has 44 heavy (non-hydrogen) atoms. The number of carbonyl (C=O) groups is 3. The van der Waals surface area contributed by atoms with Crippen LogP contribution in [-0.2, 0) is 45.7 Å². The number of rotatable bonds is 10. The second-order valence-corrected chi connectivity index (χ2v) is 15.3. The van der Waals surface area contributed by atoms with E-state index >= 15 is 0 Å². The number of carboxylic acid groups (broad SMARTS) is 1. The molecule has 1 aliphatic carbocycles. The highest BCUT2D eigenvalue weighted by Crippen LogP contribution is 2.58. The van der Waals surface area contributed by atoms with E-state index in [1.54, 1.807) is 30.3 Å². The van der Waals surface area contributed by atoms with Gasteiger partial charge >= 0.3 is 11.9 Å². The Bertz CT molecular complexity index is 1750. The number of ether oxygens (including phenoxy) is 2. The molecule has 0 spiro atoms. The first kappa shape index (κ1) is 33.9. The van der Waals surface area contributed by atoms with E-state index in [0.29, 0.717) is 9.87 Å². The summed E-state index contributed by atoms with van der Waals surface area (Å²) in [6.45, 7) is 1.85. The number of benzene rings is 2. The second-order valence-electron chi connectivity index (χ2n) is 10.7. The van der Waals surface area contributed by atoms with Crippen molar-refractivity contribution in [2.75, 3.05) is 13.7 Å². The Labute approximate surface area is 264 Å². The minimum absolute atomic E-state index is 0.171. The monoisotopic (exact) mass is 688 g/mol. The number of carbonyl (C=O) groups excluding carboxylic acids is 2. The van der Waals surface area contributed by atoms with Crippen molar-refractivity contribution in [2.24, 2.45) is 22.9 Å². The summed E-state index contributed by atoms with van der Waals surface area (Å²) in [6, 6.07) is 13.9. The van der Waals surface area contributed by atoms with Crippen molar-refractivity contribution in [3.8, 4) is 0 Å². The lowest BCUT2D eigenvalue weighted by Gasteiger charge is -2.52. The van der Waals surface area contributed by atoms with Gasteiger partial charge in [0.15, 0.2) is 5.06 Å². The van der Waals surface area contributed by atoms with E-state index in [4.69, 9.17) is 37.8 Å². The van der Waals surface area contributed by atoms with E-state index in [1.807, 2.05) is 0 Å². The van der Waals surface area contributed by atoms with Crippen LogP contribution in [0.25, 0.3) is 0 Å². The molecule has 0 fully saturated rings. The molecule has 0 saturated heterocycles. The minimum atomic E-state index is -4.84. The Hall–Kier alpha value is -3.01. The largest absolute Gasteiger partial charge is 0.481 e. The Morgan fingerprint density at radius 3 is 2.20 bits per heavy atom. The van der Waals surface area contributed by atoms with Gasteiger partial charge in [-0.15, -0.1) is 11.6 Å². The third-order valence-electron chi connectivity index (χ3n) is 7.74. The number of carboxylic acids is 1. The molecule has 1 amide bonds. The van der Waals surface area contributed by atoms with Crippen LogP contribution >= 0.6 is 23.2 Å². The molecule has 1 heterocycles. The van der Waals surface area contributed by atoms with Gasteiger partial charge in [0.05, 0.1) is 23.4 Å². The first-order valence-corrected chi connectivity index (χ1v) is 16.9. The molecule has 238 valence electrons. The lowest BCUT2D eigenvalue weighted by molar-refractivity contribution is -0.154. The highest BCUT2D eigenvalue weighted by atomic mass is 35.5. The van der Waals surface area contributed by atoms with Crippen molar-refractivity contribution < 1.29 is 45.8 Å². The van der Waals surface area contributed by atoms with Crippen LogP contribution in [0.4, 0.5) is 0 Å². The normalized spacial score (nSPS) is 26.5. The number of sulfonamides is 2. The lowest BCUT2D eigenvalue weighted by Crippen LogP contribution is -2.65. The number of halogens is 2. The predicted octanol–water partition coefficient (Wildman–Crippen LogP) is 3.05. The summed E-state index contributed by atoms with van der Waals surface area (Å²) in [7, 11) is -8.46. The molecular formula is C28H30Cl2N2O10S2. The fourth-order valence-corrected chi connectivity index (χ4v) is 10.2. The number of aliphatic carboxylic acids is 1. The first-order valence-electron chi connectivity index (χ1n) is 13.2. The summed E-state index contributed by atoms with van der Waals surface area (Å²) in [4.78, 5) is 36.1. The molecule has 1 aliphatic heterocycles. The smallest absolute Gasteiger partial charge is 0.313 e. The highest BCUT2D eigenvalue weighted by molar-refractivity contribution is 7.93. The van der Waals surface area contributed by atoms with Crippen LogP contribution in [0.3, 0.4) is 0 Å². The van der Waals surface area contributed by atoms with Gasteiger partial charge in [-0.05, 0) is 29.2 Å². The number of primary sulfonamides is 1. The topological polar surface area (TPSA) is 187 Å². The number of esters is 1. The van der Waals surface area contributed by atoms with Gasteiger partial charge in [-0.2, -0.15) is 0 Å². The number of nitrogens with two attached hydrogens (primary N) is 1. The predicted molar refractivity (Wildman–Crippen MR) is 159 cm³/mol. The average Bonchev–Trinajstić information content (AvgIpc) is 3.13. The molecule has 2 aromatic carbocycles. The lowest BCUT2D eigenvalue weighted by atomic mass is 9.65. The summed E-state index contributed by atoms with van der Waals surface area (Å²) in [5, 5.41) is 13.3. The Morgan fingerprint density at radius 2 is 1.68 bits per heavy atom. The molecule has 2 aromatic rings. The maximum absolute atomic E-state index is 13.6. The van der Waals surface area contributed by atoms with Gasteiger partial charge in [0.1, 0.15) is 22.3 Å². The van der Waals surface area contributed by atoms with E-state index < -0.39 is 83.5 Å². The van der Waals surface area contributed by atoms with E-state index in [0.717, 1.165) is 7.11 Å². The van der Waals surface area contributed by atoms with Crippen molar-refractivity contribution in [1.29, 1.82) is 0 Å². The van der Waals surface area contributed by atoms with Crippen LogP contribution in [0, 0.1) is 17.8 Å². The number of nitrogens with zero attached hydrogens (tertiary/aromatic N) is 1. The molecule has 0 bridgehead atoms. The SMILES string of the molecule is COC1(Cl)C(S(N)(=O)=O)=C(C(C)C)C(CC(=O)OCc2ccccc2)C(Cl)(CN2C(=O)c3ccccc3S2(=O)=O)C1C(=O)O. The summed E-state index contributed by atoms with van der Waals surface area (Å²) in [6.07, 6.45) is -0.724. The summed E-state index contributed by atoms with van der Waals surface area (Å²) in [5.74, 6) is -8.36. The molecule has 2 aliphatic rings. The molecule has 0 aromatic heterocycles. The third-order valence-corrected chi connectivity index (χ3v) is 11.9. The van der Waals surface area contributed by atoms with Gasteiger partial charge < -0.3 is 14.6 Å². The number of hydrogen-bond donors (Lipinski definition) is 2. The fraction of sp³-hybridized carbons (Fsp3) is 0.393. The van der Waals surface area contributed by atoms with E-state index in [2.05, 4.69) is 0 Å². The molecule has 12 nitrogen and oxygen atoms in total. The standard InChI is InChI=1S/C28H30Cl2N2O10S2/c1-16(2)22-19(13-21(33)42-14-17-9-5-4-6-10-17)27(29,23(26(35)36)28(30,41-3)24(22)43(31,37)38)15-32-25(34)18-11-7-8-12-20(18)44(32,39)40/h4-12,16,19,23H,13-15H2,1-3H3,(H,35,36)(H2,31,37,38). The van der Waals surface area contributed by atoms with Gasteiger partial charge in [0.25, 0.3) is 15.9 Å². The van der Waals surface area contributed by atoms with E-state index in [-0.39, 0.29) is 22.6 Å². The Morgan fingerprint density at radius 1 is 1.09 bits per heavy atom. The number of methoxy groups -OCH3 is 1. The van der Waals surface area contributed by atoms with Gasteiger partial charge in [0, 0.05) is 13.0 Å². The van der Waals surface area contributed by atoms with Gasteiger partial charge in [0.2, 0.25) is 10.0 Å². The van der Waals surface area contributed by atoms with Crippen molar-refractivity contribution >= 4 is 61.1 Å². The van der Waals surface area contributed by atoms with Crippen LogP contribution in [0.1, 0.15) is 36.2 Å². The van der Waals surface area contributed by atoms with Crippen molar-refractivity contribution in [3.63, 3.8) is 0 Å². The molecule has 3 N–H and O–H groups in total. The number of allylic oxidation sites excluding steroid dienone is 1. The zero-order chi connectivity index (χ0) is 32.8. The van der Waals surface area contributed by atoms with Crippen LogP contribution in [0.2, 0.25) is 0 Å². The summed E-state index contributed by atoms with van der Waals surface area (Å²) >= 11 is 14.0. The zero-order valence-electron chi connectivity index (χ0n) is 23.8. The molecule has 0 saturated carbocycles. The zero-order valence-corrected chi connectivity index (χ0v) is 26.9. The van der Waals surface area contributed by atoms with E-state index in [9.17, 15) is 36.3 Å². The van der Waals surface area contributed by atoms with Crippen LogP contribution < -0.4 is 5.14 Å². The van der Waals surface area contributed by atoms with Crippen molar-refractivity contribution in [1.82, 2.24) is 4.31 Å². The summed E-state index contributed by atoms with van der Waals surface area (Å²) in [5.41, 5.74) is 0.277. The molecular weight excluding hydrogens is 659 g/mol. The number of hydrogen-bond acceptors (Lipinski definition) is 9. The van der Waals surface area contributed by atoms with Gasteiger partial charge in [-0.25, -0.2) is 26.3 Å². The molecule has 4 rings (SSSR count). The first-order chi connectivity index (χ1) is 20.4. The maximum Gasteiger partial charge on any atom is 0.313 e. The van der Waals surface area contributed by atoms with Crippen molar-refractivity contribution in [3.05, 3.63) is 76.2 Å². The highest BCUT2D eigenvalue weighted by Gasteiger charge is 2.68. The van der Waals surface area contributed by atoms with Crippen LogP contribution in [0.15, 0.2) is 70.0 Å². The van der Waals surface area contributed by atoms with Gasteiger partial charge in [-0.1, -0.05) is 67.9 Å². The molecule has 16 heteroatoms. The number of alkyl halides is 2.